The molecule has 0 unspecified atom stereocenters. The summed E-state index contributed by atoms with van der Waals surface area (Å²) in [5.41, 5.74) is 14.2. The third-order valence-corrected chi connectivity index (χ3v) is 23.7. The minimum atomic E-state index is -0.187. The van der Waals surface area contributed by atoms with E-state index in [1.807, 2.05) is 106 Å². The first kappa shape index (κ1) is 77.4. The molecule has 3 amide bonds. The molecule has 0 aliphatic carbocycles. The highest BCUT2D eigenvalue weighted by atomic mass is 16.5. The Labute approximate surface area is 695 Å². The summed E-state index contributed by atoms with van der Waals surface area (Å²) in [5, 5.41) is 14.7. The van der Waals surface area contributed by atoms with E-state index in [0.717, 1.165) is 118 Å². The van der Waals surface area contributed by atoms with Gasteiger partial charge in [-0.2, -0.15) is 15.0 Å². The van der Waals surface area contributed by atoms with Gasteiger partial charge in [0.25, 0.3) is 34.4 Å². The molecule has 0 spiro atoms. The Balaban J connectivity index is 0.000000120. The van der Waals surface area contributed by atoms with Gasteiger partial charge in [0.15, 0.2) is 36.8 Å². The number of carbonyl (C=O) groups excluding carboxylic acids is 3. The number of nitrogens with zero attached hydrogens (tertiary/aromatic N) is 17. The summed E-state index contributed by atoms with van der Waals surface area (Å²) in [6.45, 7) is 18.0. The molecule has 15 heterocycles. The number of fused-ring (bicyclic) bond motifs is 18. The van der Waals surface area contributed by atoms with Gasteiger partial charge in [-0.3, -0.25) is 33.7 Å². The van der Waals surface area contributed by atoms with Crippen LogP contribution in [0, 0.1) is 0 Å². The lowest BCUT2D eigenvalue weighted by atomic mass is 9.78. The van der Waals surface area contributed by atoms with E-state index in [-0.39, 0.29) is 65.0 Å². The van der Waals surface area contributed by atoms with E-state index in [1.165, 1.54) is 22.3 Å². The molecule has 6 aromatic heterocycles. The number of rotatable bonds is 6. The summed E-state index contributed by atoms with van der Waals surface area (Å²) >= 11 is 0. The van der Waals surface area contributed by atoms with Gasteiger partial charge in [0.1, 0.15) is 45.8 Å². The summed E-state index contributed by atoms with van der Waals surface area (Å²) in [5.74, 6) is 3.74. The molecule has 12 aromatic rings. The van der Waals surface area contributed by atoms with Crippen LogP contribution in [0.2, 0.25) is 0 Å². The largest absolute Gasteiger partial charge is 0.492 e. The number of benzene rings is 6. The minimum Gasteiger partial charge on any atom is -0.492 e. The fourth-order valence-corrected chi connectivity index (χ4v) is 17.8. The quantitative estimate of drug-likeness (QED) is 0.112. The monoisotopic (exact) mass is 1630 g/mol. The van der Waals surface area contributed by atoms with Crippen molar-refractivity contribution in [1.82, 2.24) is 73.1 Å². The van der Waals surface area contributed by atoms with Gasteiger partial charge >= 0.3 is 0 Å². The molecule has 0 saturated heterocycles. The Hall–Kier alpha value is -13.5. The van der Waals surface area contributed by atoms with Crippen LogP contribution in [0.5, 0.6) is 23.0 Å². The first-order valence-electron chi connectivity index (χ1n) is 41.3. The smallest absolute Gasteiger partial charge is 0.278 e. The third-order valence-electron chi connectivity index (χ3n) is 23.7. The summed E-state index contributed by atoms with van der Waals surface area (Å²) in [6, 6.07) is 35.7. The zero-order chi connectivity index (χ0) is 83.0. The van der Waals surface area contributed by atoms with Crippen LogP contribution in [0.4, 0.5) is 52.0 Å². The molecule has 6 bridgehead atoms. The second-order valence-corrected chi connectivity index (χ2v) is 33.3. The van der Waals surface area contributed by atoms with E-state index in [4.69, 9.17) is 33.9 Å². The van der Waals surface area contributed by atoms with Gasteiger partial charge in [0.05, 0.1) is 53.8 Å². The number of likely N-dealkylation sites (N-methyl/N-ethyl adjacent to an activating group) is 2. The van der Waals surface area contributed by atoms with E-state index in [9.17, 15) is 28.8 Å². The number of nitrogens with one attached hydrogen (secondary N) is 4. The summed E-state index contributed by atoms with van der Waals surface area (Å²) in [6.07, 6.45) is 21.7. The molecule has 0 fully saturated rings. The first-order valence-corrected chi connectivity index (χ1v) is 41.3. The van der Waals surface area contributed by atoms with E-state index in [1.54, 1.807) is 52.0 Å². The first-order chi connectivity index (χ1) is 58.7. The average molecular weight is 1630 g/mol. The molecule has 0 radical (unpaired) electrons. The van der Waals surface area contributed by atoms with Gasteiger partial charge in [-0.15, -0.1) is 0 Å². The Bertz CT molecular complexity index is 6480. The second-order valence-electron chi connectivity index (χ2n) is 33.3. The molecular weight excluding hydrogens is 1540 g/mol. The molecule has 21 rings (SSSR count). The number of hydrogen-bond acceptors (Lipinski definition) is 22. The Kier molecular flexibility index (Phi) is 20.2. The maximum Gasteiger partial charge on any atom is 0.278 e. The van der Waals surface area contributed by atoms with Crippen LogP contribution in [0.25, 0.3) is 50.2 Å². The molecule has 6 aromatic carbocycles. The van der Waals surface area contributed by atoms with E-state index < -0.39 is 0 Å². The Morgan fingerprint density at radius 3 is 1.26 bits per heavy atom. The number of hydrogen-bond donors (Lipinski definition) is 4. The van der Waals surface area contributed by atoms with Crippen molar-refractivity contribution in [3.63, 3.8) is 0 Å². The van der Waals surface area contributed by atoms with Gasteiger partial charge in [0.2, 0.25) is 17.8 Å². The predicted octanol–water partition coefficient (Wildman–Crippen LogP) is 11.1. The third kappa shape index (κ3) is 14.9. The van der Waals surface area contributed by atoms with Crippen LogP contribution < -0.4 is 71.6 Å². The SMILES string of the molecule is CC1(C)CNCc2cc(Nc3ncc4c(=O)n5n(c4n3)-c3ccc4c(c3)N(CCCC=CC5)C(=O)CO4)ccc21.CN1CCOc2cc(Nc3ncc4c(=O)n5n(c4n3)-c3ccc4c(c3)N(CCCC=CC5)C(=O)CO4)ccc2C1.CN1Cc2cc(Nc3ncc4c(=O)n5n(c4n3)-c3ccc4c(c3)N(CCCC=CC5)C(=O)CO4)ccc2C(C)(C)C1. The van der Waals surface area contributed by atoms with E-state index >= 15 is 0 Å². The summed E-state index contributed by atoms with van der Waals surface area (Å²) < 4.78 is 33.5. The number of allylic oxidation sites excluding steroid dienone is 6. The Morgan fingerprint density at radius 1 is 0.405 bits per heavy atom. The lowest BCUT2D eigenvalue weighted by Gasteiger charge is -2.38. The topological polar surface area (TPSA) is 311 Å². The molecule has 0 saturated carbocycles. The summed E-state index contributed by atoms with van der Waals surface area (Å²) in [7, 11) is 4.22. The van der Waals surface area contributed by atoms with Crippen molar-refractivity contribution in [3.05, 3.63) is 223 Å². The maximum atomic E-state index is 13.6. The number of amides is 3. The van der Waals surface area contributed by atoms with Crippen LogP contribution in [0.3, 0.4) is 0 Å². The maximum absolute atomic E-state index is 13.6. The normalized spacial score (nSPS) is 17.7. The van der Waals surface area contributed by atoms with E-state index in [0.29, 0.717) is 137 Å². The Morgan fingerprint density at radius 2 is 0.810 bits per heavy atom. The molecular formula is C90H93N21O10. The highest BCUT2D eigenvalue weighted by molar-refractivity contribution is 6.00. The van der Waals surface area contributed by atoms with Gasteiger partial charge in [0, 0.05) is 117 Å². The fraction of sp³-hybridized carbons (Fsp3) is 0.333. The second kappa shape index (κ2) is 31.6. The van der Waals surface area contributed by atoms with Crippen LogP contribution in [-0.4, -0.2) is 165 Å². The van der Waals surface area contributed by atoms with Crippen LogP contribution >= 0.6 is 0 Å². The van der Waals surface area contributed by atoms with Crippen molar-refractivity contribution in [2.24, 2.45) is 0 Å². The molecule has 9 aliphatic rings. The fourth-order valence-electron chi connectivity index (χ4n) is 17.8. The van der Waals surface area contributed by atoms with Gasteiger partial charge in [-0.05, 0) is 160 Å². The number of ether oxygens (including phenoxy) is 4. The lowest BCUT2D eigenvalue weighted by Crippen LogP contribution is -2.39. The minimum absolute atomic E-state index is 0.0199. The molecule has 9 aliphatic heterocycles. The summed E-state index contributed by atoms with van der Waals surface area (Å²) in [4.78, 5) is 117. The molecule has 121 heavy (non-hydrogen) atoms. The van der Waals surface area contributed by atoms with Crippen LogP contribution in [0.15, 0.2) is 179 Å². The van der Waals surface area contributed by atoms with Gasteiger partial charge < -0.3 is 59.8 Å². The molecule has 618 valence electrons. The van der Waals surface area contributed by atoms with Crippen molar-refractivity contribution >= 4 is 103 Å². The number of carbonyl (C=O) groups is 3. The van der Waals surface area contributed by atoms with Crippen LogP contribution in [-0.2, 0) is 64.5 Å². The number of anilines is 9. The van der Waals surface area contributed by atoms with Crippen molar-refractivity contribution in [3.8, 4) is 40.1 Å². The highest BCUT2D eigenvalue weighted by Crippen LogP contribution is 2.41. The van der Waals surface area contributed by atoms with Crippen molar-refractivity contribution in [1.29, 1.82) is 0 Å². The zero-order valence-electron chi connectivity index (χ0n) is 68.3. The lowest BCUT2D eigenvalue weighted by molar-refractivity contribution is -0.122. The molecule has 31 nitrogen and oxygen atoms in total. The van der Waals surface area contributed by atoms with Crippen molar-refractivity contribution in [2.75, 3.05) is 110 Å². The number of aromatic nitrogens is 12. The molecule has 31 heteroatoms. The van der Waals surface area contributed by atoms with Crippen molar-refractivity contribution < 1.29 is 33.3 Å². The zero-order valence-corrected chi connectivity index (χ0v) is 68.3. The predicted molar refractivity (Wildman–Crippen MR) is 463 cm³/mol. The van der Waals surface area contributed by atoms with Gasteiger partial charge in [-0.1, -0.05) is 82.4 Å². The standard InChI is InChI=1S/C31H33N7O3.C30H31N7O3.C29H29N7O4/c1-31(2)19-35(3)17-20-14-21(8-10-24(20)31)33-30-32-16-23-28(34-30)38-22-9-11-26-25(15-22)36(27(39)18-41-26)12-6-4-5-7-13-37(38)29(23)40;1-30(2)18-31-15-19-13-20(7-9-23(19)30)33-29-32-16-22-27(34-29)37-21-8-10-25-24(14-21)35(26(38)17-40-25)11-5-3-4-6-12-36(37)28(22)39;1-33-12-13-39-25-14-20(7-6-19(25)17-33)31-29-30-16-22-27(32-29)36-21-8-9-24-23(15-21)34(26(37)18-40-24)10-4-2-3-5-11-35(36)28(22)38/h5,7-11,14-16H,4,6,12-13,17-19H2,1-3H3,(H,32,33,34);4,6-10,13-14,16,31H,3,5,11-12,15,17-18H2,1-2H3,(H,32,33,34);3,5-9,14-16H,2,4,10-13,17-18H2,1H3,(H,30,31,32). The van der Waals surface area contributed by atoms with Gasteiger partial charge in [-0.25, -0.2) is 43.0 Å². The average Bonchev–Trinajstić information content (AvgIpc) is 1.61. The van der Waals surface area contributed by atoms with Crippen molar-refractivity contribution in [2.45, 2.75) is 116 Å². The molecule has 0 atom stereocenters. The molecule has 4 N–H and O–H groups in total. The highest BCUT2D eigenvalue weighted by Gasteiger charge is 2.35. The van der Waals surface area contributed by atoms with Crippen LogP contribution in [0.1, 0.15) is 94.0 Å². The van der Waals surface area contributed by atoms with E-state index in [2.05, 4.69) is 136 Å².